The van der Waals surface area contributed by atoms with Gasteiger partial charge >= 0.3 is 0 Å². The van der Waals surface area contributed by atoms with Crippen LogP contribution < -0.4 is 5.56 Å². The van der Waals surface area contributed by atoms with E-state index in [-0.39, 0.29) is 18.0 Å². The van der Waals surface area contributed by atoms with Gasteiger partial charge in [0.15, 0.2) is 0 Å². The summed E-state index contributed by atoms with van der Waals surface area (Å²) in [5, 5.41) is 1.56. The average Bonchev–Trinajstić information content (AvgIpc) is 3.21. The number of fused-ring (bicyclic) bond motifs is 2. The molecule has 0 unspecified atom stereocenters. The molecule has 33 heavy (non-hydrogen) atoms. The Morgan fingerprint density at radius 2 is 1.70 bits per heavy atom. The van der Waals surface area contributed by atoms with Crippen LogP contribution >= 0.6 is 0 Å². The van der Waals surface area contributed by atoms with Gasteiger partial charge in [0.25, 0.3) is 11.5 Å². The lowest BCUT2D eigenvalue weighted by Crippen LogP contribution is -2.33. The second-order valence-electron chi connectivity index (χ2n) is 8.01. The van der Waals surface area contributed by atoms with Crippen molar-refractivity contribution in [1.29, 1.82) is 0 Å². The van der Waals surface area contributed by atoms with Gasteiger partial charge in [-0.1, -0.05) is 60.7 Å². The van der Waals surface area contributed by atoms with Crippen LogP contribution in [0.2, 0.25) is 0 Å². The van der Waals surface area contributed by atoms with E-state index in [1.807, 2.05) is 73.7 Å². The lowest BCUT2D eigenvalue weighted by molar-refractivity contribution is 0.0738. The second-order valence-corrected chi connectivity index (χ2v) is 8.01. The lowest BCUT2D eigenvalue weighted by Gasteiger charge is -2.21. The summed E-state index contributed by atoms with van der Waals surface area (Å²) < 4.78 is 2.06. The van der Waals surface area contributed by atoms with Gasteiger partial charge in [-0.15, -0.1) is 0 Å². The van der Waals surface area contributed by atoms with Crippen molar-refractivity contribution in [2.45, 2.75) is 20.0 Å². The molecular formula is C27H24N4O2. The summed E-state index contributed by atoms with van der Waals surface area (Å²) in [7, 11) is 0. The van der Waals surface area contributed by atoms with Crippen LogP contribution in [0, 0.1) is 0 Å². The number of carbonyl (C=O) groups is 1. The predicted octanol–water partition coefficient (Wildman–Crippen LogP) is 4.59. The van der Waals surface area contributed by atoms with Crippen LogP contribution in [0.3, 0.4) is 0 Å². The van der Waals surface area contributed by atoms with E-state index in [9.17, 15) is 9.59 Å². The molecule has 6 nitrogen and oxygen atoms in total. The molecule has 1 N–H and O–H groups in total. The van der Waals surface area contributed by atoms with Crippen LogP contribution in [-0.4, -0.2) is 31.9 Å². The molecule has 0 aliphatic heterocycles. The summed E-state index contributed by atoms with van der Waals surface area (Å²) in [6, 6.07) is 27.3. The van der Waals surface area contributed by atoms with Crippen molar-refractivity contribution in [2.75, 3.05) is 6.54 Å². The number of nitrogens with one attached hydrogen (secondary N) is 1. The molecule has 0 aliphatic carbocycles. The zero-order valence-corrected chi connectivity index (χ0v) is 18.4. The maximum absolute atomic E-state index is 13.7. The lowest BCUT2D eigenvalue weighted by atomic mass is 10.2. The third kappa shape index (κ3) is 4.03. The molecule has 0 radical (unpaired) electrons. The maximum atomic E-state index is 13.7. The van der Waals surface area contributed by atoms with Crippen molar-refractivity contribution in [3.8, 4) is 0 Å². The fourth-order valence-corrected chi connectivity index (χ4v) is 4.20. The SMILES string of the molecule is CCN(Cc1nc2ccccc2c(=O)[nH]1)C(=O)c1cc2ccccc2n1Cc1ccccc1. The van der Waals surface area contributed by atoms with Crippen molar-refractivity contribution in [2.24, 2.45) is 0 Å². The van der Waals surface area contributed by atoms with E-state index in [0.29, 0.717) is 35.5 Å². The van der Waals surface area contributed by atoms with Crippen LogP contribution in [0.25, 0.3) is 21.8 Å². The zero-order valence-electron chi connectivity index (χ0n) is 18.4. The summed E-state index contributed by atoms with van der Waals surface area (Å²) in [6.45, 7) is 3.24. The first kappa shape index (κ1) is 20.7. The smallest absolute Gasteiger partial charge is 0.270 e. The number of hydrogen-bond donors (Lipinski definition) is 1. The third-order valence-electron chi connectivity index (χ3n) is 5.88. The summed E-state index contributed by atoms with van der Waals surface area (Å²) in [5.41, 5.74) is 3.18. The Morgan fingerprint density at radius 1 is 0.970 bits per heavy atom. The van der Waals surface area contributed by atoms with Gasteiger partial charge in [-0.25, -0.2) is 4.98 Å². The Kier molecular flexibility index (Phi) is 5.48. The minimum absolute atomic E-state index is 0.0968. The van der Waals surface area contributed by atoms with Crippen molar-refractivity contribution in [3.05, 3.63) is 112 Å². The highest BCUT2D eigenvalue weighted by molar-refractivity contribution is 5.98. The Bertz CT molecular complexity index is 1500. The van der Waals surface area contributed by atoms with Gasteiger partial charge in [0, 0.05) is 24.0 Å². The van der Waals surface area contributed by atoms with E-state index >= 15 is 0 Å². The van der Waals surface area contributed by atoms with Gasteiger partial charge in [0.05, 0.1) is 17.4 Å². The fourth-order valence-electron chi connectivity index (χ4n) is 4.20. The predicted molar refractivity (Wildman–Crippen MR) is 130 cm³/mol. The summed E-state index contributed by atoms with van der Waals surface area (Å²) in [4.78, 5) is 35.3. The molecule has 3 aromatic carbocycles. The van der Waals surface area contributed by atoms with E-state index in [4.69, 9.17) is 0 Å². The quantitative estimate of drug-likeness (QED) is 0.423. The largest absolute Gasteiger partial charge is 0.332 e. The number of H-pyrrole nitrogens is 1. The molecule has 1 amide bonds. The average molecular weight is 437 g/mol. The number of aromatic nitrogens is 3. The molecule has 6 heteroatoms. The molecule has 0 saturated carbocycles. The topological polar surface area (TPSA) is 71.0 Å². The normalized spacial score (nSPS) is 11.2. The molecule has 2 heterocycles. The first-order chi connectivity index (χ1) is 16.1. The van der Waals surface area contributed by atoms with E-state index < -0.39 is 0 Å². The molecular weight excluding hydrogens is 412 g/mol. The van der Waals surface area contributed by atoms with Gasteiger partial charge in [0.2, 0.25) is 0 Å². The zero-order chi connectivity index (χ0) is 22.8. The van der Waals surface area contributed by atoms with Gasteiger partial charge in [-0.2, -0.15) is 0 Å². The summed E-state index contributed by atoms with van der Waals surface area (Å²) >= 11 is 0. The molecule has 5 aromatic rings. The number of benzene rings is 3. The van der Waals surface area contributed by atoms with Crippen LogP contribution in [-0.2, 0) is 13.1 Å². The minimum Gasteiger partial charge on any atom is -0.332 e. The van der Waals surface area contributed by atoms with Gasteiger partial charge in [-0.3, -0.25) is 9.59 Å². The highest BCUT2D eigenvalue weighted by atomic mass is 16.2. The summed E-state index contributed by atoms with van der Waals surface area (Å²) in [6.07, 6.45) is 0. The number of carbonyl (C=O) groups excluding carboxylic acids is 1. The van der Waals surface area contributed by atoms with Crippen molar-refractivity contribution >= 4 is 27.7 Å². The highest BCUT2D eigenvalue weighted by Crippen LogP contribution is 2.23. The molecule has 2 aromatic heterocycles. The Morgan fingerprint density at radius 3 is 2.52 bits per heavy atom. The highest BCUT2D eigenvalue weighted by Gasteiger charge is 2.22. The molecule has 0 saturated heterocycles. The number of hydrogen-bond acceptors (Lipinski definition) is 3. The molecule has 0 fully saturated rings. The van der Waals surface area contributed by atoms with Crippen LogP contribution in [0.5, 0.6) is 0 Å². The molecule has 0 bridgehead atoms. The van der Waals surface area contributed by atoms with Gasteiger partial charge < -0.3 is 14.5 Å². The molecule has 0 atom stereocenters. The Labute approximate surface area is 191 Å². The van der Waals surface area contributed by atoms with E-state index in [1.165, 1.54) is 0 Å². The standard InChI is InChI=1S/C27H24N4O2/c1-2-30(18-25-28-22-14-8-7-13-21(22)26(32)29-25)27(33)24-16-20-12-6-9-15-23(20)31(24)17-19-10-4-3-5-11-19/h3-16H,2,17-18H2,1H3,(H,28,29,32). The van der Waals surface area contributed by atoms with Crippen LogP contribution in [0.4, 0.5) is 0 Å². The molecule has 164 valence electrons. The van der Waals surface area contributed by atoms with Crippen molar-refractivity contribution in [1.82, 2.24) is 19.4 Å². The third-order valence-corrected chi connectivity index (χ3v) is 5.88. The van der Waals surface area contributed by atoms with Crippen LogP contribution in [0.15, 0.2) is 89.7 Å². The second kappa shape index (κ2) is 8.74. The van der Waals surface area contributed by atoms with Crippen molar-refractivity contribution < 1.29 is 4.79 Å². The summed E-state index contributed by atoms with van der Waals surface area (Å²) in [5.74, 6) is 0.375. The Hall–Kier alpha value is -4.19. The van der Waals surface area contributed by atoms with Gasteiger partial charge in [0.1, 0.15) is 11.5 Å². The van der Waals surface area contributed by atoms with E-state index in [0.717, 1.165) is 16.5 Å². The number of para-hydroxylation sites is 2. The van der Waals surface area contributed by atoms with Crippen LogP contribution in [0.1, 0.15) is 28.8 Å². The Balaban J connectivity index is 1.52. The molecule has 0 spiro atoms. The number of amides is 1. The van der Waals surface area contributed by atoms with Crippen molar-refractivity contribution in [3.63, 3.8) is 0 Å². The maximum Gasteiger partial charge on any atom is 0.270 e. The van der Waals surface area contributed by atoms with Gasteiger partial charge in [-0.05, 0) is 36.8 Å². The number of rotatable bonds is 6. The fraction of sp³-hybridized carbons (Fsp3) is 0.148. The number of nitrogens with zero attached hydrogens (tertiary/aromatic N) is 3. The first-order valence-electron chi connectivity index (χ1n) is 11.0. The minimum atomic E-state index is -0.197. The molecule has 0 aliphatic rings. The monoisotopic (exact) mass is 436 g/mol. The van der Waals surface area contributed by atoms with E-state index in [1.54, 1.807) is 11.0 Å². The molecule has 5 rings (SSSR count). The van der Waals surface area contributed by atoms with E-state index in [2.05, 4.69) is 26.7 Å². The number of aromatic amines is 1. The first-order valence-corrected chi connectivity index (χ1v) is 11.0.